The second kappa shape index (κ2) is 4.90. The summed E-state index contributed by atoms with van der Waals surface area (Å²) in [5.41, 5.74) is 2.20. The number of aryl methyl sites for hydroxylation is 2. The number of halogens is 1. The van der Waals surface area contributed by atoms with Crippen molar-refractivity contribution in [2.24, 2.45) is 13.0 Å². The molecule has 2 heterocycles. The third kappa shape index (κ3) is 2.60. The molecule has 0 bridgehead atoms. The summed E-state index contributed by atoms with van der Waals surface area (Å²) in [5.74, 6) is 0.554. The Bertz CT molecular complexity index is 441. The molecule has 1 fully saturated rings. The predicted octanol–water partition coefficient (Wildman–Crippen LogP) is 1.90. The van der Waals surface area contributed by atoms with Crippen molar-refractivity contribution < 1.29 is 4.79 Å². The maximum Gasteiger partial charge on any atom is 0.138 e. The normalized spacial score (nSPS) is 22.1. The van der Waals surface area contributed by atoms with Gasteiger partial charge in [0, 0.05) is 39.0 Å². The lowest BCUT2D eigenvalue weighted by atomic mass is 9.98. The van der Waals surface area contributed by atoms with Gasteiger partial charge in [0.15, 0.2) is 0 Å². The molecule has 2 rings (SSSR count). The summed E-state index contributed by atoms with van der Waals surface area (Å²) in [7, 11) is 1.96. The van der Waals surface area contributed by atoms with Crippen molar-refractivity contribution in [3.05, 3.63) is 15.9 Å². The van der Waals surface area contributed by atoms with E-state index in [9.17, 15) is 4.79 Å². The minimum Gasteiger partial charge on any atom is -0.299 e. The number of ketones is 1. The molecule has 4 nitrogen and oxygen atoms in total. The molecule has 1 aromatic heterocycles. The van der Waals surface area contributed by atoms with Crippen molar-refractivity contribution >= 4 is 21.7 Å². The fourth-order valence-corrected chi connectivity index (χ4v) is 2.76. The summed E-state index contributed by atoms with van der Waals surface area (Å²) in [6, 6.07) is 0. The van der Waals surface area contributed by atoms with E-state index in [1.807, 2.05) is 25.6 Å². The van der Waals surface area contributed by atoms with E-state index in [2.05, 4.69) is 25.9 Å². The molecule has 1 aliphatic heterocycles. The first-order valence-electron chi connectivity index (χ1n) is 5.92. The van der Waals surface area contributed by atoms with Gasteiger partial charge in [0.05, 0.1) is 15.9 Å². The molecule has 1 atom stereocenters. The van der Waals surface area contributed by atoms with E-state index in [0.29, 0.717) is 12.2 Å². The van der Waals surface area contributed by atoms with Gasteiger partial charge >= 0.3 is 0 Å². The SMILES string of the molecule is Cc1nn(C)c(CN2CCC(=O)C(C)C2)c1Br. The van der Waals surface area contributed by atoms with E-state index in [-0.39, 0.29) is 5.92 Å². The molecule has 0 radical (unpaired) electrons. The van der Waals surface area contributed by atoms with Gasteiger partial charge in [-0.3, -0.25) is 14.4 Å². The largest absolute Gasteiger partial charge is 0.299 e. The van der Waals surface area contributed by atoms with Gasteiger partial charge in [0.25, 0.3) is 0 Å². The van der Waals surface area contributed by atoms with Crippen molar-refractivity contribution in [1.29, 1.82) is 0 Å². The average Bonchev–Trinajstić information content (AvgIpc) is 2.50. The number of hydrogen-bond donors (Lipinski definition) is 0. The zero-order chi connectivity index (χ0) is 12.6. The maximum absolute atomic E-state index is 11.5. The number of rotatable bonds is 2. The Hall–Kier alpha value is -0.680. The Balaban J connectivity index is 2.09. The van der Waals surface area contributed by atoms with Gasteiger partial charge in [-0.15, -0.1) is 0 Å². The molecular formula is C12H18BrN3O. The van der Waals surface area contributed by atoms with Crippen molar-refractivity contribution in [2.45, 2.75) is 26.8 Å². The van der Waals surface area contributed by atoms with Crippen LogP contribution in [0.1, 0.15) is 24.7 Å². The van der Waals surface area contributed by atoms with Crippen LogP contribution < -0.4 is 0 Å². The molecule has 0 aliphatic carbocycles. The van der Waals surface area contributed by atoms with E-state index in [1.54, 1.807) is 0 Å². The van der Waals surface area contributed by atoms with E-state index in [1.165, 1.54) is 5.69 Å². The molecule has 0 aromatic carbocycles. The third-order valence-electron chi connectivity index (χ3n) is 3.39. The minimum atomic E-state index is 0.164. The molecule has 17 heavy (non-hydrogen) atoms. The van der Waals surface area contributed by atoms with Crippen molar-refractivity contribution in [2.75, 3.05) is 13.1 Å². The van der Waals surface area contributed by atoms with Crippen LogP contribution in [-0.2, 0) is 18.4 Å². The summed E-state index contributed by atoms with van der Waals surface area (Å²) in [4.78, 5) is 13.8. The second-order valence-corrected chi connectivity index (χ2v) is 5.62. The smallest absolute Gasteiger partial charge is 0.138 e. The molecule has 0 N–H and O–H groups in total. The third-order valence-corrected chi connectivity index (χ3v) is 4.42. The van der Waals surface area contributed by atoms with Crippen LogP contribution in [0, 0.1) is 12.8 Å². The zero-order valence-corrected chi connectivity index (χ0v) is 12.1. The molecule has 94 valence electrons. The Labute approximate surface area is 110 Å². The Kier molecular flexibility index (Phi) is 3.68. The van der Waals surface area contributed by atoms with Crippen LogP contribution in [0.15, 0.2) is 4.47 Å². The summed E-state index contributed by atoms with van der Waals surface area (Å²) >= 11 is 3.58. The summed E-state index contributed by atoms with van der Waals surface area (Å²) in [6.07, 6.45) is 0.676. The predicted molar refractivity (Wildman–Crippen MR) is 69.7 cm³/mol. The molecule has 0 spiro atoms. The highest BCUT2D eigenvalue weighted by molar-refractivity contribution is 9.10. The lowest BCUT2D eigenvalue weighted by Gasteiger charge is -2.29. The van der Waals surface area contributed by atoms with Crippen LogP contribution in [0.3, 0.4) is 0 Å². The van der Waals surface area contributed by atoms with Crippen molar-refractivity contribution in [3.8, 4) is 0 Å². The topological polar surface area (TPSA) is 38.1 Å². The first kappa shape index (κ1) is 12.8. The van der Waals surface area contributed by atoms with E-state index >= 15 is 0 Å². The van der Waals surface area contributed by atoms with Gasteiger partial charge < -0.3 is 0 Å². The zero-order valence-electron chi connectivity index (χ0n) is 10.5. The summed E-state index contributed by atoms with van der Waals surface area (Å²) in [5, 5.41) is 4.39. The van der Waals surface area contributed by atoms with Crippen LogP contribution in [0.4, 0.5) is 0 Å². The molecule has 1 aliphatic rings. The number of carbonyl (C=O) groups is 1. The Morgan fingerprint density at radius 2 is 2.24 bits per heavy atom. The lowest BCUT2D eigenvalue weighted by Crippen LogP contribution is -2.39. The molecule has 0 saturated carbocycles. The summed E-state index contributed by atoms with van der Waals surface area (Å²) < 4.78 is 3.00. The van der Waals surface area contributed by atoms with Crippen LogP contribution in [0.25, 0.3) is 0 Å². The number of carbonyl (C=O) groups excluding carboxylic acids is 1. The minimum absolute atomic E-state index is 0.164. The number of likely N-dealkylation sites (tertiary alicyclic amines) is 1. The fourth-order valence-electron chi connectivity index (χ4n) is 2.30. The van der Waals surface area contributed by atoms with Gasteiger partial charge in [-0.25, -0.2) is 0 Å². The second-order valence-electron chi connectivity index (χ2n) is 4.82. The van der Waals surface area contributed by atoms with Gasteiger partial charge in [-0.1, -0.05) is 6.92 Å². The summed E-state index contributed by atoms with van der Waals surface area (Å²) in [6.45, 7) is 6.58. The van der Waals surface area contributed by atoms with Gasteiger partial charge in [-0.2, -0.15) is 5.10 Å². The Morgan fingerprint density at radius 3 is 2.76 bits per heavy atom. The molecule has 0 amide bonds. The lowest BCUT2D eigenvalue weighted by molar-refractivity contribution is -0.125. The average molecular weight is 300 g/mol. The monoisotopic (exact) mass is 299 g/mol. The number of hydrogen-bond acceptors (Lipinski definition) is 3. The number of piperidine rings is 1. The first-order chi connectivity index (χ1) is 7.99. The van der Waals surface area contributed by atoms with Gasteiger partial charge in [-0.05, 0) is 22.9 Å². The van der Waals surface area contributed by atoms with Gasteiger partial charge in [0.2, 0.25) is 0 Å². The van der Waals surface area contributed by atoms with Crippen LogP contribution in [0.5, 0.6) is 0 Å². The highest BCUT2D eigenvalue weighted by Gasteiger charge is 2.24. The van der Waals surface area contributed by atoms with Crippen LogP contribution in [0.2, 0.25) is 0 Å². The standard InChI is InChI=1S/C12H18BrN3O/c1-8-6-16(5-4-11(8)17)7-10-12(13)9(2)14-15(10)3/h8H,4-7H2,1-3H3. The molecule has 1 aromatic rings. The highest BCUT2D eigenvalue weighted by Crippen LogP contribution is 2.23. The molecule has 1 unspecified atom stereocenters. The van der Waals surface area contributed by atoms with E-state index in [4.69, 9.17) is 0 Å². The number of aromatic nitrogens is 2. The Morgan fingerprint density at radius 1 is 1.53 bits per heavy atom. The highest BCUT2D eigenvalue weighted by atomic mass is 79.9. The van der Waals surface area contributed by atoms with Crippen molar-refractivity contribution in [1.82, 2.24) is 14.7 Å². The molecule has 1 saturated heterocycles. The van der Waals surface area contributed by atoms with Gasteiger partial charge in [0.1, 0.15) is 5.78 Å². The first-order valence-corrected chi connectivity index (χ1v) is 6.71. The number of nitrogens with zero attached hydrogens (tertiary/aromatic N) is 3. The van der Waals surface area contributed by atoms with E-state index < -0.39 is 0 Å². The maximum atomic E-state index is 11.5. The number of Topliss-reactive ketones (excluding diaryl/α,β-unsaturated/α-hetero) is 1. The molecular weight excluding hydrogens is 282 g/mol. The quantitative estimate of drug-likeness (QED) is 0.837. The fraction of sp³-hybridized carbons (Fsp3) is 0.667. The van der Waals surface area contributed by atoms with Crippen molar-refractivity contribution in [3.63, 3.8) is 0 Å². The molecule has 5 heteroatoms. The van der Waals surface area contributed by atoms with E-state index in [0.717, 1.165) is 29.8 Å². The van der Waals surface area contributed by atoms with Crippen LogP contribution in [-0.4, -0.2) is 33.6 Å². The van der Waals surface area contributed by atoms with Crippen LogP contribution >= 0.6 is 15.9 Å².